The molecular formula is C6H5N3S2. The number of aromatic nitrogens is 2. The Morgan fingerprint density at radius 1 is 1.64 bits per heavy atom. The zero-order valence-electron chi connectivity index (χ0n) is 5.81. The summed E-state index contributed by atoms with van der Waals surface area (Å²) >= 11 is 2.51. The van der Waals surface area contributed by atoms with Gasteiger partial charge < -0.3 is 0 Å². The highest BCUT2D eigenvalue weighted by molar-refractivity contribution is 8.03. The molecule has 0 atom stereocenters. The molecule has 1 rings (SSSR count). The summed E-state index contributed by atoms with van der Waals surface area (Å²) in [7, 11) is 0. The third-order valence-electron chi connectivity index (χ3n) is 0.941. The molecule has 0 aromatic carbocycles. The van der Waals surface area contributed by atoms with Gasteiger partial charge in [0.1, 0.15) is 10.4 Å². The van der Waals surface area contributed by atoms with Crippen molar-refractivity contribution in [3.8, 4) is 5.40 Å². The Bertz CT molecular complexity index is 281. The van der Waals surface area contributed by atoms with Gasteiger partial charge in [0, 0.05) is 18.0 Å². The van der Waals surface area contributed by atoms with Crippen molar-refractivity contribution >= 4 is 23.5 Å². The average molecular weight is 183 g/mol. The zero-order chi connectivity index (χ0) is 8.10. The topological polar surface area (TPSA) is 49.6 Å². The molecule has 0 N–H and O–H groups in total. The lowest BCUT2D eigenvalue weighted by atomic mass is 10.7. The summed E-state index contributed by atoms with van der Waals surface area (Å²) in [4.78, 5) is 8.04. The Morgan fingerprint density at radius 3 is 3.09 bits per heavy atom. The van der Waals surface area contributed by atoms with E-state index in [2.05, 4.69) is 9.97 Å². The molecule has 0 unspecified atom stereocenters. The minimum absolute atomic E-state index is 0.699. The van der Waals surface area contributed by atoms with E-state index in [1.807, 2.05) is 11.7 Å². The second-order valence-corrected chi connectivity index (χ2v) is 3.15. The molecule has 1 aromatic heterocycles. The van der Waals surface area contributed by atoms with Crippen molar-refractivity contribution < 1.29 is 0 Å². The summed E-state index contributed by atoms with van der Waals surface area (Å²) in [6, 6.07) is 1.72. The van der Waals surface area contributed by atoms with E-state index in [4.69, 9.17) is 5.26 Å². The van der Waals surface area contributed by atoms with Crippen LogP contribution in [-0.2, 0) is 0 Å². The summed E-state index contributed by atoms with van der Waals surface area (Å²) in [5.41, 5.74) is 0. The van der Waals surface area contributed by atoms with Gasteiger partial charge in [0.05, 0.1) is 0 Å². The van der Waals surface area contributed by atoms with Crippen LogP contribution in [0.3, 0.4) is 0 Å². The average Bonchev–Trinajstić information content (AvgIpc) is 2.06. The molecule has 1 heterocycles. The van der Waals surface area contributed by atoms with E-state index in [0.29, 0.717) is 10.2 Å². The molecule has 0 bridgehead atoms. The molecule has 0 amide bonds. The second kappa shape index (κ2) is 4.21. The van der Waals surface area contributed by atoms with Gasteiger partial charge in [-0.2, -0.15) is 5.26 Å². The third-order valence-corrected chi connectivity index (χ3v) is 2.03. The fourth-order valence-electron chi connectivity index (χ4n) is 0.527. The van der Waals surface area contributed by atoms with Crippen LogP contribution in [0.1, 0.15) is 0 Å². The first-order chi connectivity index (χ1) is 5.36. The SMILES string of the molecule is CSc1nccc(SC#N)n1. The predicted octanol–water partition coefficient (Wildman–Crippen LogP) is 1.77. The number of thioether (sulfide) groups is 2. The van der Waals surface area contributed by atoms with E-state index < -0.39 is 0 Å². The maximum atomic E-state index is 8.33. The van der Waals surface area contributed by atoms with Crippen molar-refractivity contribution in [3.05, 3.63) is 12.3 Å². The van der Waals surface area contributed by atoms with E-state index in [0.717, 1.165) is 11.8 Å². The van der Waals surface area contributed by atoms with Crippen LogP contribution in [-0.4, -0.2) is 16.2 Å². The van der Waals surface area contributed by atoms with Crippen LogP contribution in [0, 0.1) is 10.7 Å². The molecule has 0 saturated carbocycles. The largest absolute Gasteiger partial charge is 0.231 e. The first-order valence-corrected chi connectivity index (χ1v) is 4.84. The van der Waals surface area contributed by atoms with Crippen LogP contribution in [0.15, 0.2) is 22.4 Å². The Balaban J connectivity index is 2.84. The van der Waals surface area contributed by atoms with Crippen molar-refractivity contribution in [1.29, 1.82) is 5.26 Å². The molecule has 11 heavy (non-hydrogen) atoms. The van der Waals surface area contributed by atoms with E-state index in [1.165, 1.54) is 11.8 Å². The molecule has 1 aromatic rings. The number of rotatable bonds is 2. The highest BCUT2D eigenvalue weighted by atomic mass is 32.2. The quantitative estimate of drug-likeness (QED) is 0.303. The van der Waals surface area contributed by atoms with E-state index in [-0.39, 0.29) is 0 Å². The first-order valence-electron chi connectivity index (χ1n) is 2.80. The van der Waals surface area contributed by atoms with Crippen molar-refractivity contribution in [2.75, 3.05) is 6.26 Å². The minimum atomic E-state index is 0.699. The highest BCUT2D eigenvalue weighted by Crippen LogP contribution is 2.15. The monoisotopic (exact) mass is 183 g/mol. The van der Waals surface area contributed by atoms with Gasteiger partial charge in [0.15, 0.2) is 5.16 Å². The van der Waals surface area contributed by atoms with Gasteiger partial charge in [0.2, 0.25) is 0 Å². The molecule has 5 heteroatoms. The van der Waals surface area contributed by atoms with Gasteiger partial charge in [-0.25, -0.2) is 9.97 Å². The third kappa shape index (κ3) is 2.41. The summed E-state index contributed by atoms with van der Waals surface area (Å²) in [6.45, 7) is 0. The molecule has 0 spiro atoms. The molecule has 0 aliphatic heterocycles. The van der Waals surface area contributed by atoms with Gasteiger partial charge in [-0.3, -0.25) is 0 Å². The fraction of sp³-hybridized carbons (Fsp3) is 0.167. The number of thiocyanates is 1. The fourth-order valence-corrected chi connectivity index (χ4v) is 1.30. The van der Waals surface area contributed by atoms with Gasteiger partial charge in [-0.05, 0) is 12.3 Å². The highest BCUT2D eigenvalue weighted by Gasteiger charge is 1.96. The maximum Gasteiger partial charge on any atom is 0.188 e. The molecule has 0 saturated heterocycles. The number of nitriles is 1. The van der Waals surface area contributed by atoms with Crippen LogP contribution in [0.2, 0.25) is 0 Å². The Labute approximate surface area is 73.2 Å². The molecule has 0 fully saturated rings. The second-order valence-electron chi connectivity index (χ2n) is 1.57. The Kier molecular flexibility index (Phi) is 3.20. The van der Waals surface area contributed by atoms with Gasteiger partial charge in [-0.1, -0.05) is 11.8 Å². The lowest BCUT2D eigenvalue weighted by Gasteiger charge is -1.94. The summed E-state index contributed by atoms with van der Waals surface area (Å²) in [5, 5.41) is 11.7. The summed E-state index contributed by atoms with van der Waals surface area (Å²) in [6.07, 6.45) is 3.55. The standard InChI is InChI=1S/C6H5N3S2/c1-10-6-8-3-2-5(9-6)11-4-7/h2-3H,1H3. The van der Waals surface area contributed by atoms with E-state index >= 15 is 0 Å². The molecular weight excluding hydrogens is 178 g/mol. The van der Waals surface area contributed by atoms with Crippen LogP contribution in [0.25, 0.3) is 0 Å². The van der Waals surface area contributed by atoms with Crippen LogP contribution < -0.4 is 0 Å². The predicted molar refractivity (Wildman–Crippen MR) is 45.3 cm³/mol. The van der Waals surface area contributed by atoms with Crippen molar-refractivity contribution in [1.82, 2.24) is 9.97 Å². The molecule has 0 aliphatic carbocycles. The summed E-state index contributed by atoms with van der Waals surface area (Å²) in [5.74, 6) is 0. The Hall–Kier alpha value is -0.730. The van der Waals surface area contributed by atoms with E-state index in [1.54, 1.807) is 12.3 Å². The molecule has 56 valence electrons. The maximum absolute atomic E-state index is 8.33. The number of hydrogen-bond acceptors (Lipinski definition) is 5. The molecule has 0 aliphatic rings. The zero-order valence-corrected chi connectivity index (χ0v) is 7.45. The lowest BCUT2D eigenvalue weighted by molar-refractivity contribution is 0.895. The number of hydrogen-bond donors (Lipinski definition) is 0. The normalized spacial score (nSPS) is 9.09. The van der Waals surface area contributed by atoms with Gasteiger partial charge in [-0.15, -0.1) is 0 Å². The van der Waals surface area contributed by atoms with E-state index in [9.17, 15) is 0 Å². The molecule has 3 nitrogen and oxygen atoms in total. The van der Waals surface area contributed by atoms with Crippen molar-refractivity contribution in [3.63, 3.8) is 0 Å². The van der Waals surface area contributed by atoms with Crippen LogP contribution >= 0.6 is 23.5 Å². The van der Waals surface area contributed by atoms with Crippen molar-refractivity contribution in [2.24, 2.45) is 0 Å². The minimum Gasteiger partial charge on any atom is -0.231 e. The first kappa shape index (κ1) is 8.37. The van der Waals surface area contributed by atoms with Crippen LogP contribution in [0.4, 0.5) is 0 Å². The van der Waals surface area contributed by atoms with Gasteiger partial charge in [0.25, 0.3) is 0 Å². The summed E-state index contributed by atoms with van der Waals surface area (Å²) < 4.78 is 0. The van der Waals surface area contributed by atoms with Crippen molar-refractivity contribution in [2.45, 2.75) is 10.2 Å². The smallest absolute Gasteiger partial charge is 0.188 e. The lowest BCUT2D eigenvalue weighted by Crippen LogP contribution is -1.85. The van der Waals surface area contributed by atoms with Crippen LogP contribution in [0.5, 0.6) is 0 Å². The van der Waals surface area contributed by atoms with Gasteiger partial charge >= 0.3 is 0 Å². The molecule has 0 radical (unpaired) electrons. The number of nitrogens with zero attached hydrogens (tertiary/aromatic N) is 3. The Morgan fingerprint density at radius 2 is 2.45 bits per heavy atom.